The largest absolute Gasteiger partial charge is 0.508 e. The van der Waals surface area contributed by atoms with Crippen LogP contribution in [0.1, 0.15) is 21.5 Å². The second kappa shape index (κ2) is 7.31. The fourth-order valence-electron chi connectivity index (χ4n) is 2.01. The minimum absolute atomic E-state index is 0.0253. The first-order valence-electron chi connectivity index (χ1n) is 6.90. The number of carbonyl (C=O) groups is 1. The molecule has 120 valence electrons. The van der Waals surface area contributed by atoms with Crippen LogP contribution in [0, 0.1) is 6.92 Å². The van der Waals surface area contributed by atoms with Crippen LogP contribution < -0.4 is 14.9 Å². The van der Waals surface area contributed by atoms with E-state index in [9.17, 15) is 9.90 Å². The highest BCUT2D eigenvalue weighted by atomic mass is 16.5. The zero-order valence-corrected chi connectivity index (χ0v) is 13.2. The van der Waals surface area contributed by atoms with E-state index in [0.717, 1.165) is 11.1 Å². The van der Waals surface area contributed by atoms with Crippen molar-refractivity contribution in [1.82, 2.24) is 5.43 Å². The molecule has 0 aliphatic heterocycles. The van der Waals surface area contributed by atoms with Crippen molar-refractivity contribution in [3.05, 3.63) is 53.1 Å². The number of aromatic hydroxyl groups is 1. The number of nitrogens with zero attached hydrogens (tertiary/aromatic N) is 1. The molecule has 0 saturated heterocycles. The minimum Gasteiger partial charge on any atom is -0.508 e. The number of benzene rings is 2. The van der Waals surface area contributed by atoms with Gasteiger partial charge >= 0.3 is 0 Å². The lowest BCUT2D eigenvalue weighted by molar-refractivity contribution is 0.0954. The summed E-state index contributed by atoms with van der Waals surface area (Å²) in [6.45, 7) is 1.90. The van der Waals surface area contributed by atoms with Crippen molar-refractivity contribution in [2.24, 2.45) is 5.10 Å². The van der Waals surface area contributed by atoms with Crippen LogP contribution in [0.4, 0.5) is 0 Å². The molecule has 2 N–H and O–H groups in total. The summed E-state index contributed by atoms with van der Waals surface area (Å²) >= 11 is 0. The topological polar surface area (TPSA) is 80.2 Å². The lowest BCUT2D eigenvalue weighted by Gasteiger charge is -2.10. The highest BCUT2D eigenvalue weighted by molar-refractivity contribution is 5.95. The van der Waals surface area contributed by atoms with Crippen LogP contribution >= 0.6 is 0 Å². The zero-order valence-electron chi connectivity index (χ0n) is 13.2. The average Bonchev–Trinajstić information content (AvgIpc) is 2.55. The molecule has 2 rings (SSSR count). The second-order valence-corrected chi connectivity index (χ2v) is 4.81. The molecule has 0 fully saturated rings. The van der Waals surface area contributed by atoms with Gasteiger partial charge in [0.05, 0.1) is 20.4 Å². The number of phenols is 1. The molecule has 0 saturated carbocycles. The standard InChI is InChI=1S/C17H18N2O4/c1-11-7-15(22-2)16(23-3)9-13(11)10-18-19-17(21)12-5-4-6-14(20)8-12/h4-10,20H,1-3H3,(H,19,21). The van der Waals surface area contributed by atoms with Crippen molar-refractivity contribution in [2.45, 2.75) is 6.92 Å². The number of hydrogen-bond donors (Lipinski definition) is 2. The molecule has 0 heterocycles. The molecule has 6 heteroatoms. The Balaban J connectivity index is 2.13. The van der Waals surface area contributed by atoms with Crippen LogP contribution in [-0.4, -0.2) is 31.4 Å². The first-order chi connectivity index (χ1) is 11.0. The van der Waals surface area contributed by atoms with Crippen molar-refractivity contribution >= 4 is 12.1 Å². The Labute approximate surface area is 134 Å². The highest BCUT2D eigenvalue weighted by Crippen LogP contribution is 2.29. The summed E-state index contributed by atoms with van der Waals surface area (Å²) in [6, 6.07) is 9.65. The average molecular weight is 314 g/mol. The number of aryl methyl sites for hydroxylation is 1. The Morgan fingerprint density at radius 1 is 1.17 bits per heavy atom. The van der Waals surface area contributed by atoms with E-state index in [0.29, 0.717) is 17.1 Å². The van der Waals surface area contributed by atoms with Crippen molar-refractivity contribution in [2.75, 3.05) is 14.2 Å². The molecule has 0 bridgehead atoms. The fraction of sp³-hybridized carbons (Fsp3) is 0.176. The van der Waals surface area contributed by atoms with E-state index in [1.165, 1.54) is 18.3 Å². The first-order valence-corrected chi connectivity index (χ1v) is 6.90. The molecule has 0 unspecified atom stereocenters. The van der Waals surface area contributed by atoms with E-state index >= 15 is 0 Å². The maximum atomic E-state index is 11.9. The smallest absolute Gasteiger partial charge is 0.271 e. The van der Waals surface area contributed by atoms with Crippen LogP contribution in [0.2, 0.25) is 0 Å². The molecule has 0 aliphatic rings. The van der Waals surface area contributed by atoms with Crippen molar-refractivity contribution < 1.29 is 19.4 Å². The molecular formula is C17H18N2O4. The molecular weight excluding hydrogens is 296 g/mol. The first kappa shape index (κ1) is 16.4. The predicted octanol–water partition coefficient (Wildman–Crippen LogP) is 2.48. The van der Waals surface area contributed by atoms with Gasteiger partial charge in [0.25, 0.3) is 5.91 Å². The molecule has 6 nitrogen and oxygen atoms in total. The Bertz CT molecular complexity index is 741. The zero-order chi connectivity index (χ0) is 16.8. The SMILES string of the molecule is COc1cc(C)c(C=NNC(=O)c2cccc(O)c2)cc1OC. The molecule has 0 aliphatic carbocycles. The van der Waals surface area contributed by atoms with Crippen molar-refractivity contribution in [1.29, 1.82) is 0 Å². The number of carbonyl (C=O) groups excluding carboxylic acids is 1. The van der Waals surface area contributed by atoms with Crippen LogP contribution in [-0.2, 0) is 0 Å². The van der Waals surface area contributed by atoms with E-state index in [-0.39, 0.29) is 5.75 Å². The number of hydrogen-bond acceptors (Lipinski definition) is 5. The molecule has 1 amide bonds. The molecule has 0 atom stereocenters. The summed E-state index contributed by atoms with van der Waals surface area (Å²) < 4.78 is 10.5. The molecule has 0 aromatic heterocycles. The minimum atomic E-state index is -0.407. The van der Waals surface area contributed by atoms with Gasteiger partial charge in [-0.25, -0.2) is 5.43 Å². The summed E-state index contributed by atoms with van der Waals surface area (Å²) in [5.74, 6) is 0.831. The molecule has 2 aromatic carbocycles. The van der Waals surface area contributed by atoms with Crippen molar-refractivity contribution in [3.63, 3.8) is 0 Å². The summed E-state index contributed by atoms with van der Waals surface area (Å²) in [4.78, 5) is 11.9. The van der Waals surface area contributed by atoms with Gasteiger partial charge < -0.3 is 14.6 Å². The summed E-state index contributed by atoms with van der Waals surface area (Å²) in [5, 5.41) is 13.3. The Morgan fingerprint density at radius 3 is 2.52 bits per heavy atom. The van der Waals surface area contributed by atoms with E-state index in [4.69, 9.17) is 9.47 Å². The van der Waals surface area contributed by atoms with E-state index < -0.39 is 5.91 Å². The number of hydrazone groups is 1. The number of phenolic OH excluding ortho intramolecular Hbond substituents is 1. The van der Waals surface area contributed by atoms with Gasteiger partial charge in [0.2, 0.25) is 0 Å². The third-order valence-electron chi connectivity index (χ3n) is 3.25. The quantitative estimate of drug-likeness (QED) is 0.656. The van der Waals surface area contributed by atoms with Gasteiger partial charge in [0.1, 0.15) is 5.75 Å². The van der Waals surface area contributed by atoms with Crippen LogP contribution in [0.25, 0.3) is 0 Å². The van der Waals surface area contributed by atoms with Gasteiger partial charge in [0, 0.05) is 11.1 Å². The van der Waals surface area contributed by atoms with Gasteiger partial charge in [-0.3, -0.25) is 4.79 Å². The maximum Gasteiger partial charge on any atom is 0.271 e. The number of methoxy groups -OCH3 is 2. The van der Waals surface area contributed by atoms with Gasteiger partial charge in [-0.05, 0) is 42.8 Å². The van der Waals surface area contributed by atoms with Crippen LogP contribution in [0.5, 0.6) is 17.2 Å². The lowest BCUT2D eigenvalue weighted by atomic mass is 10.1. The number of rotatable bonds is 5. The van der Waals surface area contributed by atoms with Gasteiger partial charge in [0.15, 0.2) is 11.5 Å². The summed E-state index contributed by atoms with van der Waals surface area (Å²) in [6.07, 6.45) is 1.53. The third kappa shape index (κ3) is 4.00. The maximum absolute atomic E-state index is 11.9. The fourth-order valence-corrected chi connectivity index (χ4v) is 2.01. The summed E-state index contributed by atoms with van der Waals surface area (Å²) in [5.41, 5.74) is 4.46. The Hall–Kier alpha value is -3.02. The van der Waals surface area contributed by atoms with E-state index in [2.05, 4.69) is 10.5 Å². The molecule has 0 radical (unpaired) electrons. The van der Waals surface area contributed by atoms with Gasteiger partial charge in [-0.2, -0.15) is 5.10 Å². The number of amides is 1. The predicted molar refractivity (Wildman–Crippen MR) is 87.5 cm³/mol. The van der Waals surface area contributed by atoms with Crippen LogP contribution in [0.3, 0.4) is 0 Å². The second-order valence-electron chi connectivity index (χ2n) is 4.81. The van der Waals surface area contributed by atoms with E-state index in [1.54, 1.807) is 32.4 Å². The summed E-state index contributed by atoms with van der Waals surface area (Å²) in [7, 11) is 3.12. The number of ether oxygens (including phenoxy) is 2. The molecule has 2 aromatic rings. The van der Waals surface area contributed by atoms with Gasteiger partial charge in [-0.15, -0.1) is 0 Å². The molecule has 0 spiro atoms. The van der Waals surface area contributed by atoms with Crippen LogP contribution in [0.15, 0.2) is 41.5 Å². The van der Waals surface area contributed by atoms with Crippen molar-refractivity contribution in [3.8, 4) is 17.2 Å². The monoisotopic (exact) mass is 314 g/mol. The lowest BCUT2D eigenvalue weighted by Crippen LogP contribution is -2.17. The third-order valence-corrected chi connectivity index (χ3v) is 3.25. The van der Waals surface area contributed by atoms with E-state index in [1.807, 2.05) is 13.0 Å². The highest BCUT2D eigenvalue weighted by Gasteiger charge is 2.08. The number of nitrogens with one attached hydrogen (secondary N) is 1. The van der Waals surface area contributed by atoms with Gasteiger partial charge in [-0.1, -0.05) is 6.07 Å². The Morgan fingerprint density at radius 2 is 1.87 bits per heavy atom. The normalized spacial score (nSPS) is 10.6. The Kier molecular flexibility index (Phi) is 5.19. The molecule has 23 heavy (non-hydrogen) atoms.